The van der Waals surface area contributed by atoms with E-state index in [2.05, 4.69) is 20.3 Å². The molecule has 1 atom stereocenters. The van der Waals surface area contributed by atoms with E-state index in [1.807, 2.05) is 12.1 Å². The van der Waals surface area contributed by atoms with Crippen molar-refractivity contribution in [2.45, 2.75) is 13.0 Å². The molecule has 1 heterocycles. The van der Waals surface area contributed by atoms with Gasteiger partial charge in [0.1, 0.15) is 0 Å². The molecule has 0 spiro atoms. The van der Waals surface area contributed by atoms with Crippen molar-refractivity contribution in [1.82, 2.24) is 10.2 Å². The number of halogens is 1. The lowest BCUT2D eigenvalue weighted by Crippen LogP contribution is -2.43. The SMILES string of the molecule is CC(=O)Nc1ccc(NS(C)(=O)=O)c(C(=O)NCC(c2ccc(Cl)cc2)N2CCOCC2)c1. The van der Waals surface area contributed by atoms with Crippen molar-refractivity contribution >= 4 is 44.8 Å². The van der Waals surface area contributed by atoms with E-state index in [-0.39, 0.29) is 29.7 Å². The Kier molecular flexibility index (Phi) is 8.30. The average Bonchev–Trinajstić information content (AvgIpc) is 2.75. The predicted octanol–water partition coefficient (Wildman–Crippen LogP) is 2.47. The lowest BCUT2D eigenvalue weighted by Gasteiger charge is -2.35. The number of ether oxygens (including phenoxy) is 1. The van der Waals surface area contributed by atoms with Crippen molar-refractivity contribution in [3.8, 4) is 0 Å². The van der Waals surface area contributed by atoms with Crippen LogP contribution >= 0.6 is 11.6 Å². The summed E-state index contributed by atoms with van der Waals surface area (Å²) in [5.74, 6) is -0.777. The molecule has 0 radical (unpaired) electrons. The van der Waals surface area contributed by atoms with Crippen LogP contribution in [0.1, 0.15) is 28.9 Å². The number of rotatable bonds is 8. The fourth-order valence-corrected chi connectivity index (χ4v) is 4.32. The minimum absolute atomic E-state index is 0.100. The summed E-state index contributed by atoms with van der Waals surface area (Å²) in [6, 6.07) is 11.7. The van der Waals surface area contributed by atoms with E-state index in [0.29, 0.717) is 37.0 Å². The van der Waals surface area contributed by atoms with Gasteiger partial charge in [-0.25, -0.2) is 8.42 Å². The molecule has 1 unspecified atom stereocenters. The molecule has 0 saturated carbocycles. The first-order valence-electron chi connectivity index (χ1n) is 10.4. The van der Waals surface area contributed by atoms with Gasteiger partial charge in [-0.05, 0) is 35.9 Å². The van der Waals surface area contributed by atoms with Crippen molar-refractivity contribution in [3.05, 3.63) is 58.6 Å². The van der Waals surface area contributed by atoms with E-state index in [1.165, 1.54) is 25.1 Å². The molecule has 0 aliphatic carbocycles. The molecule has 1 aliphatic rings. The molecule has 3 rings (SSSR count). The Bertz CT molecular complexity index is 1100. The van der Waals surface area contributed by atoms with Crippen molar-refractivity contribution in [3.63, 3.8) is 0 Å². The minimum Gasteiger partial charge on any atom is -0.379 e. The molecular formula is C22H27ClN4O5S. The number of carbonyl (C=O) groups excluding carboxylic acids is 2. The van der Waals surface area contributed by atoms with Gasteiger partial charge in [0.2, 0.25) is 15.9 Å². The first kappa shape index (κ1) is 25.0. The summed E-state index contributed by atoms with van der Waals surface area (Å²) >= 11 is 6.04. The molecule has 2 aromatic rings. The second kappa shape index (κ2) is 11.0. The fraction of sp³-hybridized carbons (Fsp3) is 0.364. The first-order chi connectivity index (χ1) is 15.6. The van der Waals surface area contributed by atoms with E-state index in [9.17, 15) is 18.0 Å². The Labute approximate surface area is 198 Å². The summed E-state index contributed by atoms with van der Waals surface area (Å²) in [5.41, 5.74) is 1.60. The van der Waals surface area contributed by atoms with E-state index in [0.717, 1.165) is 11.8 Å². The minimum atomic E-state index is -3.62. The molecular weight excluding hydrogens is 468 g/mol. The van der Waals surface area contributed by atoms with Crippen LogP contribution < -0.4 is 15.4 Å². The molecule has 33 heavy (non-hydrogen) atoms. The molecule has 9 nitrogen and oxygen atoms in total. The Morgan fingerprint density at radius 1 is 1.12 bits per heavy atom. The maximum Gasteiger partial charge on any atom is 0.253 e. The molecule has 1 fully saturated rings. The summed E-state index contributed by atoms with van der Waals surface area (Å²) < 4.78 is 31.4. The summed E-state index contributed by atoms with van der Waals surface area (Å²) in [6.07, 6.45) is 1.01. The Morgan fingerprint density at radius 3 is 2.39 bits per heavy atom. The zero-order chi connectivity index (χ0) is 24.0. The highest BCUT2D eigenvalue weighted by molar-refractivity contribution is 7.92. The second-order valence-corrected chi connectivity index (χ2v) is 9.93. The molecule has 0 aromatic heterocycles. The summed E-state index contributed by atoms with van der Waals surface area (Å²) in [6.45, 7) is 4.24. The van der Waals surface area contributed by atoms with Gasteiger partial charge in [-0.1, -0.05) is 23.7 Å². The highest BCUT2D eigenvalue weighted by Gasteiger charge is 2.24. The van der Waals surface area contributed by atoms with Crippen LogP contribution in [0.25, 0.3) is 0 Å². The van der Waals surface area contributed by atoms with Gasteiger partial charge < -0.3 is 15.4 Å². The van der Waals surface area contributed by atoms with Crippen LogP contribution in [0.4, 0.5) is 11.4 Å². The number of amides is 2. The van der Waals surface area contributed by atoms with E-state index < -0.39 is 15.9 Å². The van der Waals surface area contributed by atoms with Gasteiger partial charge in [-0.15, -0.1) is 0 Å². The fourth-order valence-electron chi connectivity index (χ4n) is 3.62. The van der Waals surface area contributed by atoms with Gasteiger partial charge in [0.05, 0.1) is 36.8 Å². The number of benzene rings is 2. The largest absolute Gasteiger partial charge is 0.379 e. The summed E-state index contributed by atoms with van der Waals surface area (Å²) in [5, 5.41) is 6.14. The van der Waals surface area contributed by atoms with Gasteiger partial charge in [-0.2, -0.15) is 0 Å². The van der Waals surface area contributed by atoms with Gasteiger partial charge in [0.25, 0.3) is 5.91 Å². The van der Waals surface area contributed by atoms with Crippen LogP contribution in [-0.2, 0) is 19.6 Å². The standard InChI is InChI=1S/C22H27ClN4O5S/c1-15(28)25-18-7-8-20(26-33(2,30)31)19(13-18)22(29)24-14-21(27-9-11-32-12-10-27)16-3-5-17(23)6-4-16/h3-8,13,21,26H,9-12,14H2,1-2H3,(H,24,29)(H,25,28). The van der Waals surface area contributed by atoms with Crippen LogP contribution in [0.15, 0.2) is 42.5 Å². The maximum absolute atomic E-state index is 13.1. The zero-order valence-corrected chi connectivity index (χ0v) is 20.0. The second-order valence-electron chi connectivity index (χ2n) is 7.74. The first-order valence-corrected chi connectivity index (χ1v) is 12.6. The van der Waals surface area contributed by atoms with Crippen LogP contribution in [0, 0.1) is 0 Å². The topological polar surface area (TPSA) is 117 Å². The summed E-state index contributed by atoms with van der Waals surface area (Å²) in [7, 11) is -3.62. The van der Waals surface area contributed by atoms with Crippen molar-refractivity contribution < 1.29 is 22.7 Å². The van der Waals surface area contributed by atoms with E-state index in [4.69, 9.17) is 16.3 Å². The third kappa shape index (κ3) is 7.43. The number of anilines is 2. The molecule has 2 aromatic carbocycles. The Balaban J connectivity index is 1.85. The number of hydrogen-bond acceptors (Lipinski definition) is 6. The van der Waals surface area contributed by atoms with E-state index in [1.54, 1.807) is 12.1 Å². The van der Waals surface area contributed by atoms with E-state index >= 15 is 0 Å². The highest BCUT2D eigenvalue weighted by Crippen LogP contribution is 2.25. The number of sulfonamides is 1. The average molecular weight is 495 g/mol. The molecule has 1 aliphatic heterocycles. The van der Waals surface area contributed by atoms with Crippen LogP contribution in [-0.4, -0.2) is 64.2 Å². The monoisotopic (exact) mass is 494 g/mol. The molecule has 0 bridgehead atoms. The van der Waals surface area contributed by atoms with Crippen molar-refractivity contribution in [2.75, 3.05) is 49.1 Å². The summed E-state index contributed by atoms with van der Waals surface area (Å²) in [4.78, 5) is 26.8. The molecule has 2 amide bonds. The van der Waals surface area contributed by atoms with Crippen molar-refractivity contribution in [2.24, 2.45) is 0 Å². The molecule has 178 valence electrons. The van der Waals surface area contributed by atoms with Crippen LogP contribution in [0.5, 0.6) is 0 Å². The lowest BCUT2D eigenvalue weighted by molar-refractivity contribution is -0.114. The quantitative estimate of drug-likeness (QED) is 0.519. The number of morpholine rings is 1. The third-order valence-corrected chi connectivity index (χ3v) is 5.92. The van der Waals surface area contributed by atoms with Crippen molar-refractivity contribution in [1.29, 1.82) is 0 Å². The number of hydrogen-bond donors (Lipinski definition) is 3. The normalized spacial score (nSPS) is 15.5. The van der Waals surface area contributed by atoms with Gasteiger partial charge >= 0.3 is 0 Å². The highest BCUT2D eigenvalue weighted by atomic mass is 35.5. The molecule has 11 heteroatoms. The molecule has 3 N–H and O–H groups in total. The smallest absolute Gasteiger partial charge is 0.253 e. The Hall–Kier alpha value is -2.66. The maximum atomic E-state index is 13.1. The van der Waals surface area contributed by atoms with Gasteiger partial charge in [-0.3, -0.25) is 19.2 Å². The van der Waals surface area contributed by atoms with Crippen LogP contribution in [0.3, 0.4) is 0 Å². The third-order valence-electron chi connectivity index (χ3n) is 5.08. The van der Waals surface area contributed by atoms with Gasteiger partial charge in [0.15, 0.2) is 0 Å². The number of nitrogens with one attached hydrogen (secondary N) is 3. The Morgan fingerprint density at radius 2 is 1.79 bits per heavy atom. The lowest BCUT2D eigenvalue weighted by atomic mass is 10.0. The number of carbonyl (C=O) groups is 2. The van der Waals surface area contributed by atoms with Crippen LogP contribution in [0.2, 0.25) is 5.02 Å². The number of nitrogens with zero attached hydrogens (tertiary/aromatic N) is 1. The van der Waals surface area contributed by atoms with Gasteiger partial charge in [0, 0.05) is 37.3 Å². The molecule has 1 saturated heterocycles. The zero-order valence-electron chi connectivity index (χ0n) is 18.4. The predicted molar refractivity (Wildman–Crippen MR) is 128 cm³/mol.